The number of rotatable bonds is 4. The molecule has 1 atom stereocenters. The summed E-state index contributed by atoms with van der Waals surface area (Å²) in [4.78, 5) is 16.4. The van der Waals surface area contributed by atoms with Crippen molar-refractivity contribution in [3.8, 4) is 5.69 Å². The van der Waals surface area contributed by atoms with Gasteiger partial charge in [-0.05, 0) is 37.8 Å². The fraction of sp³-hybridized carbons (Fsp3) is 0.333. The predicted octanol–water partition coefficient (Wildman–Crippen LogP) is 1.94. The zero-order valence-electron chi connectivity index (χ0n) is 11.4. The fourth-order valence-corrected chi connectivity index (χ4v) is 2.33. The Hall–Kier alpha value is -2.14. The van der Waals surface area contributed by atoms with E-state index >= 15 is 0 Å². The maximum Gasteiger partial charge on any atom is 0.244 e. The highest BCUT2D eigenvalue weighted by molar-refractivity contribution is 5.99. The summed E-state index contributed by atoms with van der Waals surface area (Å²) in [7, 11) is 0. The highest BCUT2D eigenvalue weighted by Gasteiger charge is 2.44. The number of hydrogen-bond donors (Lipinski definition) is 2. The molecule has 1 aromatic heterocycles. The van der Waals surface area contributed by atoms with E-state index in [2.05, 4.69) is 10.3 Å². The minimum Gasteiger partial charge on any atom is -0.323 e. The number of imidazole rings is 1. The highest BCUT2D eigenvalue weighted by atomic mass is 16.2. The van der Waals surface area contributed by atoms with E-state index in [9.17, 15) is 4.79 Å². The molecule has 5 heteroatoms. The Kier molecular flexibility index (Phi) is 3.06. The van der Waals surface area contributed by atoms with E-state index in [-0.39, 0.29) is 5.91 Å². The topological polar surface area (TPSA) is 72.9 Å². The van der Waals surface area contributed by atoms with E-state index in [0.29, 0.717) is 5.92 Å². The van der Waals surface area contributed by atoms with Gasteiger partial charge in [0, 0.05) is 12.4 Å². The number of aromatic nitrogens is 2. The van der Waals surface area contributed by atoms with Crippen LogP contribution < -0.4 is 11.1 Å². The van der Waals surface area contributed by atoms with Gasteiger partial charge in [-0.25, -0.2) is 4.98 Å². The van der Waals surface area contributed by atoms with Crippen LogP contribution >= 0.6 is 0 Å². The van der Waals surface area contributed by atoms with Gasteiger partial charge in [0.1, 0.15) is 0 Å². The Bertz CT molecular complexity index is 615. The number of nitrogens with two attached hydrogens (primary N) is 1. The fourth-order valence-electron chi connectivity index (χ4n) is 2.33. The van der Waals surface area contributed by atoms with Crippen molar-refractivity contribution in [2.24, 2.45) is 11.7 Å². The Morgan fingerprint density at radius 2 is 2.20 bits per heavy atom. The van der Waals surface area contributed by atoms with Gasteiger partial charge in [-0.2, -0.15) is 0 Å². The molecule has 1 heterocycles. The quantitative estimate of drug-likeness (QED) is 0.891. The third kappa shape index (κ3) is 2.32. The highest BCUT2D eigenvalue weighted by Crippen LogP contribution is 2.38. The van der Waals surface area contributed by atoms with Crippen LogP contribution in [0.15, 0.2) is 43.0 Å². The minimum atomic E-state index is -0.804. The number of nitrogens with zero attached hydrogens (tertiary/aromatic N) is 2. The van der Waals surface area contributed by atoms with Gasteiger partial charge >= 0.3 is 0 Å². The summed E-state index contributed by atoms with van der Waals surface area (Å²) in [5.41, 5.74) is 6.97. The van der Waals surface area contributed by atoms with Crippen LogP contribution in [0.2, 0.25) is 0 Å². The summed E-state index contributed by atoms with van der Waals surface area (Å²) >= 11 is 0. The maximum absolute atomic E-state index is 12.4. The number of nitrogens with one attached hydrogen (secondary N) is 1. The molecule has 3 N–H and O–H groups in total. The standard InChI is InChI=1S/C15H18N4O/c1-15(16,11-6-7-11)14(20)18-12-4-2-3-5-13(12)19-9-8-17-10-19/h2-5,8-11H,6-7,16H2,1H3,(H,18,20). The second-order valence-corrected chi connectivity index (χ2v) is 5.50. The normalized spacial score (nSPS) is 17.5. The SMILES string of the molecule is CC(N)(C(=O)Nc1ccccc1-n1ccnc1)C1CC1. The lowest BCUT2D eigenvalue weighted by Crippen LogP contribution is -2.50. The van der Waals surface area contributed by atoms with Crippen LogP contribution in [-0.4, -0.2) is 21.0 Å². The van der Waals surface area contributed by atoms with Crippen molar-refractivity contribution in [2.75, 3.05) is 5.32 Å². The minimum absolute atomic E-state index is 0.132. The number of hydrogen-bond acceptors (Lipinski definition) is 3. The van der Waals surface area contributed by atoms with Crippen LogP contribution in [-0.2, 0) is 4.79 Å². The first kappa shape index (κ1) is 12.9. The van der Waals surface area contributed by atoms with Crippen LogP contribution in [0, 0.1) is 5.92 Å². The molecule has 1 aromatic carbocycles. The maximum atomic E-state index is 12.4. The Morgan fingerprint density at radius 3 is 2.85 bits per heavy atom. The number of anilines is 1. The summed E-state index contributed by atoms with van der Waals surface area (Å²) < 4.78 is 1.86. The second-order valence-electron chi connectivity index (χ2n) is 5.50. The molecule has 0 aliphatic heterocycles. The van der Waals surface area contributed by atoms with Gasteiger partial charge in [0.2, 0.25) is 5.91 Å². The molecule has 0 saturated heterocycles. The van der Waals surface area contributed by atoms with Crippen LogP contribution in [0.3, 0.4) is 0 Å². The smallest absolute Gasteiger partial charge is 0.244 e. The van der Waals surface area contributed by atoms with Gasteiger partial charge in [0.15, 0.2) is 0 Å². The molecule has 1 amide bonds. The van der Waals surface area contributed by atoms with Gasteiger partial charge in [-0.15, -0.1) is 0 Å². The van der Waals surface area contributed by atoms with Crippen LogP contribution in [0.1, 0.15) is 19.8 Å². The van der Waals surface area contributed by atoms with E-state index in [1.165, 1.54) is 0 Å². The van der Waals surface area contributed by atoms with E-state index in [1.807, 2.05) is 35.0 Å². The van der Waals surface area contributed by atoms with Crippen LogP contribution in [0.4, 0.5) is 5.69 Å². The molecule has 1 aliphatic carbocycles. The molecular weight excluding hydrogens is 252 g/mol. The molecule has 3 rings (SSSR count). The predicted molar refractivity (Wildman–Crippen MR) is 77.5 cm³/mol. The second kappa shape index (κ2) is 4.76. The van der Waals surface area contributed by atoms with E-state index in [1.54, 1.807) is 19.4 Å². The van der Waals surface area contributed by atoms with Gasteiger partial charge in [0.25, 0.3) is 0 Å². The van der Waals surface area contributed by atoms with Gasteiger partial charge in [-0.3, -0.25) is 4.79 Å². The van der Waals surface area contributed by atoms with Crippen molar-refractivity contribution in [3.05, 3.63) is 43.0 Å². The number of para-hydroxylation sites is 2. The monoisotopic (exact) mass is 270 g/mol. The molecule has 5 nitrogen and oxygen atoms in total. The van der Waals surface area contributed by atoms with Crippen molar-refractivity contribution < 1.29 is 4.79 Å². The molecular formula is C15H18N4O. The molecule has 1 unspecified atom stereocenters. The lowest BCUT2D eigenvalue weighted by molar-refractivity contribution is -0.121. The largest absolute Gasteiger partial charge is 0.323 e. The summed E-state index contributed by atoms with van der Waals surface area (Å²) in [5, 5.41) is 2.95. The summed E-state index contributed by atoms with van der Waals surface area (Å²) in [5.74, 6) is 0.162. The molecule has 1 fully saturated rings. The molecule has 2 aromatic rings. The van der Waals surface area contributed by atoms with Crippen LogP contribution in [0.25, 0.3) is 5.69 Å². The summed E-state index contributed by atoms with van der Waals surface area (Å²) in [6.07, 6.45) is 7.31. The average molecular weight is 270 g/mol. The Morgan fingerprint density at radius 1 is 1.45 bits per heavy atom. The lowest BCUT2D eigenvalue weighted by atomic mass is 9.96. The molecule has 1 saturated carbocycles. The number of carbonyl (C=O) groups excluding carboxylic acids is 1. The molecule has 104 valence electrons. The third-order valence-electron chi connectivity index (χ3n) is 3.85. The number of benzene rings is 1. The first-order valence-corrected chi connectivity index (χ1v) is 6.77. The third-order valence-corrected chi connectivity index (χ3v) is 3.85. The van der Waals surface area contributed by atoms with E-state index < -0.39 is 5.54 Å². The summed E-state index contributed by atoms with van der Waals surface area (Å²) in [6.45, 7) is 1.81. The molecule has 1 aliphatic rings. The molecule has 0 radical (unpaired) electrons. The van der Waals surface area contributed by atoms with Gasteiger partial charge < -0.3 is 15.6 Å². The molecule has 20 heavy (non-hydrogen) atoms. The zero-order valence-corrected chi connectivity index (χ0v) is 11.4. The van der Waals surface area contributed by atoms with Crippen molar-refractivity contribution in [1.82, 2.24) is 9.55 Å². The van der Waals surface area contributed by atoms with E-state index in [0.717, 1.165) is 24.2 Å². The van der Waals surface area contributed by atoms with Crippen molar-refractivity contribution >= 4 is 11.6 Å². The Balaban J connectivity index is 1.86. The molecule has 0 spiro atoms. The zero-order chi connectivity index (χ0) is 14.2. The first-order chi connectivity index (χ1) is 9.59. The van der Waals surface area contributed by atoms with Gasteiger partial charge in [0.05, 0.1) is 23.2 Å². The van der Waals surface area contributed by atoms with E-state index in [4.69, 9.17) is 5.73 Å². The number of carbonyl (C=O) groups is 1. The average Bonchev–Trinajstić information content (AvgIpc) is 3.17. The molecule has 0 bridgehead atoms. The van der Waals surface area contributed by atoms with Crippen molar-refractivity contribution in [2.45, 2.75) is 25.3 Å². The summed E-state index contributed by atoms with van der Waals surface area (Å²) in [6, 6.07) is 7.62. The Labute approximate surface area is 117 Å². The van der Waals surface area contributed by atoms with Crippen LogP contribution in [0.5, 0.6) is 0 Å². The first-order valence-electron chi connectivity index (χ1n) is 6.77. The van der Waals surface area contributed by atoms with Crippen molar-refractivity contribution in [1.29, 1.82) is 0 Å². The van der Waals surface area contributed by atoms with Crippen molar-refractivity contribution in [3.63, 3.8) is 0 Å². The lowest BCUT2D eigenvalue weighted by Gasteiger charge is -2.24. The number of amides is 1. The van der Waals surface area contributed by atoms with Gasteiger partial charge in [-0.1, -0.05) is 12.1 Å².